The van der Waals surface area contributed by atoms with Gasteiger partial charge in [-0.2, -0.15) is 0 Å². The summed E-state index contributed by atoms with van der Waals surface area (Å²) in [5.41, 5.74) is 0.989. The van der Waals surface area contributed by atoms with E-state index in [0.29, 0.717) is 6.54 Å². The van der Waals surface area contributed by atoms with Crippen LogP contribution in [0.5, 0.6) is 0 Å². The van der Waals surface area contributed by atoms with Crippen molar-refractivity contribution in [3.63, 3.8) is 0 Å². The predicted octanol–water partition coefficient (Wildman–Crippen LogP) is 1.26. The van der Waals surface area contributed by atoms with Crippen LogP contribution in [0.3, 0.4) is 0 Å². The molecule has 0 bridgehead atoms. The van der Waals surface area contributed by atoms with Gasteiger partial charge in [0.2, 0.25) is 0 Å². The summed E-state index contributed by atoms with van der Waals surface area (Å²) in [5.74, 6) is 0. The van der Waals surface area contributed by atoms with Gasteiger partial charge in [0.25, 0.3) is 0 Å². The number of carbonyl (C=O) groups excluding carboxylic acids is 1. The quantitative estimate of drug-likeness (QED) is 0.910. The number of urea groups is 1. The van der Waals surface area contributed by atoms with Gasteiger partial charge in [-0.05, 0) is 25.0 Å². The number of morpholine rings is 1. The largest absolute Gasteiger partial charge is 0.379 e. The molecule has 22 heavy (non-hydrogen) atoms. The van der Waals surface area contributed by atoms with Crippen molar-refractivity contribution >= 4 is 6.03 Å². The number of nitrogens with zero attached hydrogens (tertiary/aromatic N) is 3. The Balaban J connectivity index is 1.48. The molecule has 2 saturated heterocycles. The lowest BCUT2D eigenvalue weighted by Crippen LogP contribution is -2.45. The predicted molar refractivity (Wildman–Crippen MR) is 83.6 cm³/mol. The van der Waals surface area contributed by atoms with Crippen LogP contribution < -0.4 is 5.32 Å². The SMILES string of the molecule is O=C(NCCN1CCOCC1)N1CCCC1c1ccccn1. The summed E-state index contributed by atoms with van der Waals surface area (Å²) in [5, 5.41) is 3.05. The number of hydrogen-bond acceptors (Lipinski definition) is 4. The summed E-state index contributed by atoms with van der Waals surface area (Å²) in [4.78, 5) is 21.1. The smallest absolute Gasteiger partial charge is 0.318 e. The van der Waals surface area contributed by atoms with E-state index in [1.165, 1.54) is 0 Å². The number of likely N-dealkylation sites (tertiary alicyclic amines) is 1. The minimum absolute atomic E-state index is 0.0291. The average Bonchev–Trinajstić information content (AvgIpc) is 3.06. The number of rotatable bonds is 4. The van der Waals surface area contributed by atoms with Gasteiger partial charge in [-0.1, -0.05) is 6.07 Å². The molecule has 6 heteroatoms. The van der Waals surface area contributed by atoms with Crippen molar-refractivity contribution in [2.75, 3.05) is 45.9 Å². The zero-order valence-corrected chi connectivity index (χ0v) is 12.9. The molecule has 1 N–H and O–H groups in total. The Morgan fingerprint density at radius 1 is 1.32 bits per heavy atom. The van der Waals surface area contributed by atoms with E-state index in [9.17, 15) is 4.79 Å². The van der Waals surface area contributed by atoms with Gasteiger partial charge in [0.15, 0.2) is 0 Å². The Morgan fingerprint density at radius 3 is 2.95 bits per heavy atom. The van der Waals surface area contributed by atoms with Gasteiger partial charge >= 0.3 is 6.03 Å². The highest BCUT2D eigenvalue weighted by Crippen LogP contribution is 2.30. The summed E-state index contributed by atoms with van der Waals surface area (Å²) in [6.07, 6.45) is 3.83. The number of carbonyl (C=O) groups is 1. The van der Waals surface area contributed by atoms with Crippen molar-refractivity contribution in [1.82, 2.24) is 20.1 Å². The maximum absolute atomic E-state index is 12.4. The summed E-state index contributed by atoms with van der Waals surface area (Å²) in [7, 11) is 0. The maximum Gasteiger partial charge on any atom is 0.318 e. The zero-order valence-electron chi connectivity index (χ0n) is 12.9. The van der Waals surface area contributed by atoms with Crippen LogP contribution >= 0.6 is 0 Å². The van der Waals surface area contributed by atoms with E-state index >= 15 is 0 Å². The third kappa shape index (κ3) is 3.75. The molecule has 1 aromatic rings. The molecule has 2 fully saturated rings. The lowest BCUT2D eigenvalue weighted by molar-refractivity contribution is 0.0385. The van der Waals surface area contributed by atoms with Crippen molar-refractivity contribution in [1.29, 1.82) is 0 Å². The van der Waals surface area contributed by atoms with Crippen LogP contribution in [0.15, 0.2) is 24.4 Å². The number of ether oxygens (including phenoxy) is 1. The van der Waals surface area contributed by atoms with Crippen molar-refractivity contribution in [2.24, 2.45) is 0 Å². The van der Waals surface area contributed by atoms with Gasteiger partial charge in [-0.25, -0.2) is 4.79 Å². The van der Waals surface area contributed by atoms with Gasteiger partial charge in [0.1, 0.15) is 0 Å². The molecular formula is C16H24N4O2. The van der Waals surface area contributed by atoms with E-state index in [1.54, 1.807) is 6.20 Å². The van der Waals surface area contributed by atoms with Gasteiger partial charge < -0.3 is 15.0 Å². The molecule has 3 rings (SSSR count). The minimum atomic E-state index is 0.0291. The number of hydrogen-bond donors (Lipinski definition) is 1. The van der Waals surface area contributed by atoms with E-state index in [1.807, 2.05) is 23.1 Å². The van der Waals surface area contributed by atoms with Crippen molar-refractivity contribution in [3.8, 4) is 0 Å². The van der Waals surface area contributed by atoms with Gasteiger partial charge in [-0.3, -0.25) is 9.88 Å². The summed E-state index contributed by atoms with van der Waals surface area (Å²) >= 11 is 0. The van der Waals surface area contributed by atoms with Crippen molar-refractivity contribution in [3.05, 3.63) is 30.1 Å². The third-order valence-corrected chi connectivity index (χ3v) is 4.35. The van der Waals surface area contributed by atoms with Crippen molar-refractivity contribution < 1.29 is 9.53 Å². The Morgan fingerprint density at radius 2 is 2.18 bits per heavy atom. The summed E-state index contributed by atoms with van der Waals surface area (Å²) in [6.45, 7) is 5.88. The normalized spacial score (nSPS) is 22.7. The number of nitrogens with one attached hydrogen (secondary N) is 1. The third-order valence-electron chi connectivity index (χ3n) is 4.35. The lowest BCUT2D eigenvalue weighted by Gasteiger charge is -2.28. The van der Waals surface area contributed by atoms with E-state index < -0.39 is 0 Å². The van der Waals surface area contributed by atoms with E-state index in [0.717, 1.165) is 57.9 Å². The first-order valence-electron chi connectivity index (χ1n) is 8.10. The highest BCUT2D eigenvalue weighted by molar-refractivity contribution is 5.75. The van der Waals surface area contributed by atoms with Gasteiger partial charge in [0.05, 0.1) is 24.9 Å². The first-order chi connectivity index (χ1) is 10.8. The molecule has 0 radical (unpaired) electrons. The number of aromatic nitrogens is 1. The first-order valence-corrected chi connectivity index (χ1v) is 8.10. The van der Waals surface area contributed by atoms with Crippen LogP contribution in [0.25, 0.3) is 0 Å². The first kappa shape index (κ1) is 15.2. The second kappa shape index (κ2) is 7.56. The Kier molecular flexibility index (Phi) is 5.24. The fraction of sp³-hybridized carbons (Fsp3) is 0.625. The van der Waals surface area contributed by atoms with Crippen LogP contribution in [-0.4, -0.2) is 66.8 Å². The molecule has 1 aromatic heterocycles. The van der Waals surface area contributed by atoms with Crippen LogP contribution in [-0.2, 0) is 4.74 Å². The second-order valence-corrected chi connectivity index (χ2v) is 5.79. The van der Waals surface area contributed by atoms with Crippen molar-refractivity contribution in [2.45, 2.75) is 18.9 Å². The molecule has 120 valence electrons. The van der Waals surface area contributed by atoms with E-state index in [4.69, 9.17) is 4.74 Å². The molecule has 0 aromatic carbocycles. The lowest BCUT2D eigenvalue weighted by atomic mass is 10.1. The fourth-order valence-corrected chi connectivity index (χ4v) is 3.14. The molecule has 1 atom stereocenters. The molecule has 2 aliphatic rings. The average molecular weight is 304 g/mol. The molecular weight excluding hydrogens is 280 g/mol. The minimum Gasteiger partial charge on any atom is -0.379 e. The Hall–Kier alpha value is -1.66. The van der Waals surface area contributed by atoms with Crippen LogP contribution in [0.4, 0.5) is 4.79 Å². The van der Waals surface area contributed by atoms with E-state index in [2.05, 4.69) is 15.2 Å². The fourth-order valence-electron chi connectivity index (χ4n) is 3.14. The molecule has 6 nitrogen and oxygen atoms in total. The van der Waals surface area contributed by atoms with Crippen LogP contribution in [0.2, 0.25) is 0 Å². The summed E-state index contributed by atoms with van der Waals surface area (Å²) in [6, 6.07) is 6.04. The molecule has 0 spiro atoms. The highest BCUT2D eigenvalue weighted by atomic mass is 16.5. The second-order valence-electron chi connectivity index (χ2n) is 5.79. The molecule has 0 aliphatic carbocycles. The Labute approximate surface area is 131 Å². The van der Waals surface area contributed by atoms with Crippen LogP contribution in [0.1, 0.15) is 24.6 Å². The molecule has 0 saturated carbocycles. The van der Waals surface area contributed by atoms with Gasteiger partial charge in [-0.15, -0.1) is 0 Å². The van der Waals surface area contributed by atoms with Gasteiger partial charge in [0, 0.05) is 38.9 Å². The Bertz CT molecular complexity index is 476. The summed E-state index contributed by atoms with van der Waals surface area (Å²) < 4.78 is 5.33. The maximum atomic E-state index is 12.4. The molecule has 1 unspecified atom stereocenters. The van der Waals surface area contributed by atoms with Crippen LogP contribution in [0, 0.1) is 0 Å². The molecule has 3 heterocycles. The standard InChI is InChI=1S/C16H24N4O2/c21-16(18-7-9-19-10-12-22-13-11-19)20-8-3-5-15(20)14-4-1-2-6-17-14/h1-2,4,6,15H,3,5,7-13H2,(H,18,21). The topological polar surface area (TPSA) is 57.7 Å². The number of amides is 2. The molecule has 2 amide bonds. The highest BCUT2D eigenvalue weighted by Gasteiger charge is 2.30. The zero-order chi connectivity index (χ0) is 15.2. The van der Waals surface area contributed by atoms with E-state index in [-0.39, 0.29) is 12.1 Å². The molecule has 2 aliphatic heterocycles. The monoisotopic (exact) mass is 304 g/mol. The number of pyridine rings is 1.